The Morgan fingerprint density at radius 3 is 2.78 bits per heavy atom. The fraction of sp³-hybridized carbons (Fsp3) is 0.176. The summed E-state index contributed by atoms with van der Waals surface area (Å²) in [5.41, 5.74) is 2.44. The van der Waals surface area contributed by atoms with E-state index < -0.39 is 0 Å². The predicted octanol–water partition coefficient (Wildman–Crippen LogP) is 3.35. The van der Waals surface area contributed by atoms with Gasteiger partial charge in [0.25, 0.3) is 0 Å². The van der Waals surface area contributed by atoms with Crippen LogP contribution < -0.4 is 0 Å². The topological polar surface area (TPSA) is 65.0 Å². The first-order valence-electron chi connectivity index (χ1n) is 7.24. The second kappa shape index (κ2) is 7.19. The number of fused-ring (bicyclic) bond motifs is 1. The SMILES string of the molecule is CCOC(=O)CSc1nccc(-c2ccc3ccccc3n2)n1. The van der Waals surface area contributed by atoms with Gasteiger partial charge >= 0.3 is 5.97 Å². The van der Waals surface area contributed by atoms with E-state index in [2.05, 4.69) is 15.0 Å². The highest BCUT2D eigenvalue weighted by molar-refractivity contribution is 7.99. The van der Waals surface area contributed by atoms with Crippen LogP contribution in [0.3, 0.4) is 0 Å². The number of carbonyl (C=O) groups excluding carboxylic acids is 1. The summed E-state index contributed by atoms with van der Waals surface area (Å²) in [7, 11) is 0. The Bertz CT molecular complexity index is 839. The maximum atomic E-state index is 11.4. The number of hydrogen-bond acceptors (Lipinski definition) is 6. The number of esters is 1. The quantitative estimate of drug-likeness (QED) is 0.407. The minimum absolute atomic E-state index is 0.197. The molecule has 0 saturated heterocycles. The van der Waals surface area contributed by atoms with Crippen molar-refractivity contribution < 1.29 is 9.53 Å². The van der Waals surface area contributed by atoms with E-state index in [1.54, 1.807) is 13.1 Å². The third kappa shape index (κ3) is 3.84. The van der Waals surface area contributed by atoms with Crippen LogP contribution in [0.2, 0.25) is 0 Å². The second-order valence-electron chi connectivity index (χ2n) is 4.71. The molecule has 0 bridgehead atoms. The highest BCUT2D eigenvalue weighted by atomic mass is 32.2. The van der Waals surface area contributed by atoms with Crippen LogP contribution in [-0.4, -0.2) is 33.3 Å². The van der Waals surface area contributed by atoms with Crippen LogP contribution in [0.4, 0.5) is 0 Å². The Labute approximate surface area is 138 Å². The molecular weight excluding hydrogens is 310 g/mol. The number of carbonyl (C=O) groups is 1. The molecule has 23 heavy (non-hydrogen) atoms. The standard InChI is InChI=1S/C17H15N3O2S/c1-2-22-16(21)11-23-17-18-10-9-15(20-17)14-8-7-12-5-3-4-6-13(12)19-14/h3-10H,2,11H2,1H3. The molecule has 0 aliphatic heterocycles. The van der Waals surface area contributed by atoms with E-state index in [4.69, 9.17) is 4.74 Å². The molecule has 2 aromatic heterocycles. The van der Waals surface area contributed by atoms with Gasteiger partial charge in [0.1, 0.15) is 0 Å². The van der Waals surface area contributed by atoms with E-state index in [0.717, 1.165) is 22.3 Å². The van der Waals surface area contributed by atoms with Crippen LogP contribution in [0.5, 0.6) is 0 Å². The summed E-state index contributed by atoms with van der Waals surface area (Å²) in [6.45, 7) is 2.16. The van der Waals surface area contributed by atoms with E-state index in [-0.39, 0.29) is 11.7 Å². The van der Waals surface area contributed by atoms with E-state index in [9.17, 15) is 4.79 Å². The summed E-state index contributed by atoms with van der Waals surface area (Å²) in [5.74, 6) is -0.0713. The third-order valence-electron chi connectivity index (χ3n) is 3.12. The van der Waals surface area contributed by atoms with Crippen molar-refractivity contribution in [3.05, 3.63) is 48.7 Å². The highest BCUT2D eigenvalue weighted by Gasteiger charge is 2.08. The predicted molar refractivity (Wildman–Crippen MR) is 90.1 cm³/mol. The molecule has 0 unspecified atom stereocenters. The summed E-state index contributed by atoms with van der Waals surface area (Å²) in [5, 5.41) is 1.62. The summed E-state index contributed by atoms with van der Waals surface area (Å²) in [6.07, 6.45) is 1.67. The molecule has 0 atom stereocenters. The van der Waals surface area contributed by atoms with Crippen molar-refractivity contribution >= 4 is 28.6 Å². The number of ether oxygens (including phenoxy) is 1. The average molecular weight is 325 g/mol. The molecule has 116 valence electrons. The molecule has 0 aliphatic carbocycles. The molecule has 3 rings (SSSR count). The first-order chi connectivity index (χ1) is 11.3. The smallest absolute Gasteiger partial charge is 0.316 e. The molecule has 2 heterocycles. The lowest BCUT2D eigenvalue weighted by Crippen LogP contribution is -2.07. The molecular formula is C17H15N3O2S. The Balaban J connectivity index is 1.81. The van der Waals surface area contributed by atoms with Crippen LogP contribution in [0.1, 0.15) is 6.92 Å². The van der Waals surface area contributed by atoms with Gasteiger partial charge in [0, 0.05) is 11.6 Å². The molecule has 0 fully saturated rings. The first kappa shape index (κ1) is 15.4. The fourth-order valence-electron chi connectivity index (χ4n) is 2.09. The van der Waals surface area contributed by atoms with Crippen LogP contribution >= 0.6 is 11.8 Å². The highest BCUT2D eigenvalue weighted by Crippen LogP contribution is 2.21. The van der Waals surface area contributed by atoms with Gasteiger partial charge in [-0.15, -0.1) is 0 Å². The van der Waals surface area contributed by atoms with Crippen LogP contribution in [-0.2, 0) is 9.53 Å². The molecule has 0 aliphatic rings. The third-order valence-corrected chi connectivity index (χ3v) is 3.95. The lowest BCUT2D eigenvalue weighted by Gasteiger charge is -2.05. The molecule has 0 saturated carbocycles. The van der Waals surface area contributed by atoms with Gasteiger partial charge in [-0.1, -0.05) is 36.0 Å². The molecule has 0 amide bonds. The largest absolute Gasteiger partial charge is 0.465 e. The zero-order valence-electron chi connectivity index (χ0n) is 12.6. The first-order valence-corrected chi connectivity index (χ1v) is 8.22. The maximum absolute atomic E-state index is 11.4. The molecule has 0 spiro atoms. The normalized spacial score (nSPS) is 10.7. The van der Waals surface area contributed by atoms with E-state index in [1.807, 2.05) is 42.5 Å². The Morgan fingerprint density at radius 1 is 1.09 bits per heavy atom. The molecule has 0 N–H and O–H groups in total. The average Bonchev–Trinajstić information content (AvgIpc) is 2.60. The van der Waals surface area contributed by atoms with Crippen LogP contribution in [0.25, 0.3) is 22.3 Å². The van der Waals surface area contributed by atoms with Crippen molar-refractivity contribution in [1.82, 2.24) is 15.0 Å². The minimum Gasteiger partial charge on any atom is -0.465 e. The van der Waals surface area contributed by atoms with Crippen molar-refractivity contribution in [3.63, 3.8) is 0 Å². The van der Waals surface area contributed by atoms with Crippen molar-refractivity contribution in [2.24, 2.45) is 0 Å². The number of aromatic nitrogens is 3. The van der Waals surface area contributed by atoms with Gasteiger partial charge in [-0.3, -0.25) is 4.79 Å². The summed E-state index contributed by atoms with van der Waals surface area (Å²) in [6, 6.07) is 13.7. The summed E-state index contributed by atoms with van der Waals surface area (Å²) < 4.78 is 4.90. The fourth-order valence-corrected chi connectivity index (χ4v) is 2.72. The van der Waals surface area contributed by atoms with Crippen LogP contribution in [0, 0.1) is 0 Å². The Kier molecular flexibility index (Phi) is 4.83. The molecule has 6 heteroatoms. The Morgan fingerprint density at radius 2 is 1.91 bits per heavy atom. The second-order valence-corrected chi connectivity index (χ2v) is 5.65. The van der Waals surface area contributed by atoms with Crippen molar-refractivity contribution in [3.8, 4) is 11.4 Å². The molecule has 0 radical (unpaired) electrons. The number of hydrogen-bond donors (Lipinski definition) is 0. The maximum Gasteiger partial charge on any atom is 0.316 e. The zero-order chi connectivity index (χ0) is 16.1. The monoisotopic (exact) mass is 325 g/mol. The number of thioether (sulfide) groups is 1. The van der Waals surface area contributed by atoms with Gasteiger partial charge in [0.15, 0.2) is 5.16 Å². The minimum atomic E-state index is -0.268. The number of para-hydroxylation sites is 1. The van der Waals surface area contributed by atoms with Crippen molar-refractivity contribution in [2.75, 3.05) is 12.4 Å². The van der Waals surface area contributed by atoms with Gasteiger partial charge < -0.3 is 4.74 Å². The van der Waals surface area contributed by atoms with Gasteiger partial charge in [-0.05, 0) is 25.1 Å². The van der Waals surface area contributed by atoms with E-state index >= 15 is 0 Å². The van der Waals surface area contributed by atoms with E-state index in [1.165, 1.54) is 11.8 Å². The lowest BCUT2D eigenvalue weighted by atomic mass is 10.2. The van der Waals surface area contributed by atoms with Gasteiger partial charge in [-0.25, -0.2) is 15.0 Å². The number of pyridine rings is 1. The van der Waals surface area contributed by atoms with E-state index in [0.29, 0.717) is 11.8 Å². The molecule has 5 nitrogen and oxygen atoms in total. The van der Waals surface area contributed by atoms with Crippen molar-refractivity contribution in [2.45, 2.75) is 12.1 Å². The van der Waals surface area contributed by atoms with Crippen LogP contribution in [0.15, 0.2) is 53.8 Å². The summed E-state index contributed by atoms with van der Waals surface area (Å²) in [4.78, 5) is 24.7. The number of rotatable bonds is 5. The molecule has 3 aromatic rings. The molecule has 1 aromatic carbocycles. The Hall–Kier alpha value is -2.47. The van der Waals surface area contributed by atoms with Gasteiger partial charge in [0.2, 0.25) is 0 Å². The lowest BCUT2D eigenvalue weighted by molar-refractivity contribution is -0.139. The van der Waals surface area contributed by atoms with Crippen molar-refractivity contribution in [1.29, 1.82) is 0 Å². The van der Waals surface area contributed by atoms with Gasteiger partial charge in [0.05, 0.1) is 29.3 Å². The zero-order valence-corrected chi connectivity index (χ0v) is 13.4. The van der Waals surface area contributed by atoms with Gasteiger partial charge in [-0.2, -0.15) is 0 Å². The number of benzene rings is 1. The number of nitrogens with zero attached hydrogens (tertiary/aromatic N) is 3. The summed E-state index contributed by atoms with van der Waals surface area (Å²) >= 11 is 1.26.